The van der Waals surface area contributed by atoms with Crippen LogP contribution in [0.1, 0.15) is 5.56 Å². The fourth-order valence-corrected chi connectivity index (χ4v) is 4.06. The molecule has 2 aromatic carbocycles. The topological polar surface area (TPSA) is 76.4 Å². The second kappa shape index (κ2) is 7.02. The number of aromatic nitrogens is 3. The van der Waals surface area contributed by atoms with Crippen molar-refractivity contribution in [2.24, 2.45) is 0 Å². The number of rotatable bonds is 5. The summed E-state index contributed by atoms with van der Waals surface area (Å²) in [6.45, 7) is 0.551. The van der Waals surface area contributed by atoms with E-state index in [1.807, 2.05) is 30.3 Å². The molecule has 0 bridgehead atoms. The first-order valence-corrected chi connectivity index (χ1v) is 10.0. The molecule has 0 atom stereocenters. The molecule has 0 aliphatic rings. The molecular formula is C19H15ClN4O2S. The van der Waals surface area contributed by atoms with Crippen molar-refractivity contribution < 1.29 is 8.42 Å². The van der Waals surface area contributed by atoms with E-state index >= 15 is 0 Å². The minimum Gasteiger partial charge on any atom is -0.350 e. The number of nitrogens with one attached hydrogen (secondary N) is 1. The third-order valence-electron chi connectivity index (χ3n) is 4.10. The van der Waals surface area contributed by atoms with Crippen LogP contribution in [0.3, 0.4) is 0 Å². The summed E-state index contributed by atoms with van der Waals surface area (Å²) in [7, 11) is -3.67. The lowest BCUT2D eigenvalue weighted by Crippen LogP contribution is -2.06. The van der Waals surface area contributed by atoms with Gasteiger partial charge in [0, 0.05) is 17.8 Å². The highest BCUT2D eigenvalue weighted by molar-refractivity contribution is 7.91. The Hall–Kier alpha value is -2.90. The maximum atomic E-state index is 12.9. The van der Waals surface area contributed by atoms with Gasteiger partial charge in [-0.05, 0) is 42.0 Å². The zero-order valence-electron chi connectivity index (χ0n) is 14.1. The number of halogens is 1. The molecule has 27 heavy (non-hydrogen) atoms. The van der Waals surface area contributed by atoms with Crippen LogP contribution in [0.25, 0.3) is 5.65 Å². The Morgan fingerprint density at radius 3 is 2.33 bits per heavy atom. The minimum atomic E-state index is -3.67. The first kappa shape index (κ1) is 17.5. The van der Waals surface area contributed by atoms with Gasteiger partial charge in [0.1, 0.15) is 0 Å². The van der Waals surface area contributed by atoms with Gasteiger partial charge in [-0.3, -0.25) is 4.40 Å². The number of hydrogen-bond donors (Lipinski definition) is 1. The maximum absolute atomic E-state index is 12.9. The summed E-state index contributed by atoms with van der Waals surface area (Å²) in [4.78, 5) is 0.331. The highest BCUT2D eigenvalue weighted by atomic mass is 35.5. The number of nitrogens with zero attached hydrogens (tertiary/aromatic N) is 3. The predicted octanol–water partition coefficient (Wildman–Crippen LogP) is 3.83. The molecule has 0 spiro atoms. The molecule has 0 radical (unpaired) electrons. The van der Waals surface area contributed by atoms with Crippen molar-refractivity contribution >= 4 is 33.0 Å². The second-order valence-electron chi connectivity index (χ2n) is 5.91. The van der Waals surface area contributed by atoms with Gasteiger partial charge in [-0.1, -0.05) is 41.9 Å². The summed E-state index contributed by atoms with van der Waals surface area (Å²) in [5, 5.41) is 11.9. The van der Waals surface area contributed by atoms with Crippen molar-refractivity contribution in [2.75, 3.05) is 5.32 Å². The molecular weight excluding hydrogens is 384 g/mol. The van der Waals surface area contributed by atoms with Gasteiger partial charge in [-0.15, -0.1) is 10.2 Å². The first-order chi connectivity index (χ1) is 13.0. The van der Waals surface area contributed by atoms with Crippen molar-refractivity contribution in [3.8, 4) is 0 Å². The number of anilines is 1. The SMILES string of the molecule is O=S(=O)(c1ccc(Cl)cc1)c1ccc2nnc(NCc3ccccc3)n2c1. The monoisotopic (exact) mass is 398 g/mol. The summed E-state index contributed by atoms with van der Waals surface area (Å²) < 4.78 is 27.4. The Morgan fingerprint density at radius 2 is 1.59 bits per heavy atom. The highest BCUT2D eigenvalue weighted by Crippen LogP contribution is 2.23. The van der Waals surface area contributed by atoms with Gasteiger partial charge in [-0.25, -0.2) is 8.42 Å². The molecule has 0 amide bonds. The second-order valence-corrected chi connectivity index (χ2v) is 8.30. The molecule has 4 aromatic rings. The van der Waals surface area contributed by atoms with Crippen molar-refractivity contribution in [2.45, 2.75) is 16.3 Å². The predicted molar refractivity (Wildman–Crippen MR) is 104 cm³/mol. The highest BCUT2D eigenvalue weighted by Gasteiger charge is 2.19. The van der Waals surface area contributed by atoms with E-state index in [-0.39, 0.29) is 9.79 Å². The molecule has 2 heterocycles. The van der Waals surface area contributed by atoms with Gasteiger partial charge in [-0.2, -0.15) is 0 Å². The molecule has 0 unspecified atom stereocenters. The van der Waals surface area contributed by atoms with Crippen LogP contribution >= 0.6 is 11.6 Å². The van der Waals surface area contributed by atoms with Crippen molar-refractivity contribution in [3.05, 3.63) is 83.5 Å². The summed E-state index contributed by atoms with van der Waals surface area (Å²) >= 11 is 5.85. The lowest BCUT2D eigenvalue weighted by molar-refractivity contribution is 0.595. The smallest absolute Gasteiger partial charge is 0.229 e. The molecule has 2 aromatic heterocycles. The van der Waals surface area contributed by atoms with E-state index < -0.39 is 9.84 Å². The van der Waals surface area contributed by atoms with E-state index in [9.17, 15) is 8.42 Å². The van der Waals surface area contributed by atoms with E-state index in [0.29, 0.717) is 23.2 Å². The largest absolute Gasteiger partial charge is 0.350 e. The summed E-state index contributed by atoms with van der Waals surface area (Å²) in [6.07, 6.45) is 1.52. The van der Waals surface area contributed by atoms with Crippen LogP contribution in [0.15, 0.2) is 82.7 Å². The molecule has 0 aliphatic carbocycles. The number of pyridine rings is 1. The Bertz CT molecular complexity index is 1190. The quantitative estimate of drug-likeness (QED) is 0.553. The average Bonchev–Trinajstić information content (AvgIpc) is 3.10. The summed E-state index contributed by atoms with van der Waals surface area (Å²) in [6, 6.07) is 19.1. The molecule has 4 rings (SSSR count). The van der Waals surface area contributed by atoms with Crippen LogP contribution < -0.4 is 5.32 Å². The fraction of sp³-hybridized carbons (Fsp3) is 0.0526. The zero-order valence-corrected chi connectivity index (χ0v) is 15.7. The fourth-order valence-electron chi connectivity index (χ4n) is 2.68. The van der Waals surface area contributed by atoms with E-state index in [0.717, 1.165) is 5.56 Å². The number of sulfone groups is 1. The van der Waals surface area contributed by atoms with Crippen molar-refractivity contribution in [3.63, 3.8) is 0 Å². The third kappa shape index (κ3) is 3.51. The van der Waals surface area contributed by atoms with Gasteiger partial charge in [0.25, 0.3) is 0 Å². The number of benzene rings is 2. The lowest BCUT2D eigenvalue weighted by atomic mass is 10.2. The Balaban J connectivity index is 1.68. The van der Waals surface area contributed by atoms with Crippen LogP contribution in [0, 0.1) is 0 Å². The van der Waals surface area contributed by atoms with Crippen LogP contribution in [-0.2, 0) is 16.4 Å². The van der Waals surface area contributed by atoms with Crippen LogP contribution in [-0.4, -0.2) is 23.0 Å². The Morgan fingerprint density at radius 1 is 0.889 bits per heavy atom. The van der Waals surface area contributed by atoms with Crippen molar-refractivity contribution in [1.29, 1.82) is 0 Å². The van der Waals surface area contributed by atoms with Crippen LogP contribution in [0.5, 0.6) is 0 Å². The van der Waals surface area contributed by atoms with Gasteiger partial charge >= 0.3 is 0 Å². The third-order valence-corrected chi connectivity index (χ3v) is 6.11. The summed E-state index contributed by atoms with van der Waals surface area (Å²) in [5.74, 6) is 0.474. The molecule has 1 N–H and O–H groups in total. The maximum Gasteiger partial charge on any atom is 0.229 e. The normalized spacial score (nSPS) is 11.6. The van der Waals surface area contributed by atoms with Gasteiger partial charge in [0.2, 0.25) is 15.8 Å². The number of hydrogen-bond acceptors (Lipinski definition) is 5. The molecule has 0 aliphatic heterocycles. The standard InChI is InChI=1S/C19H15ClN4O2S/c20-15-6-8-16(9-7-15)27(25,26)17-10-11-18-22-23-19(24(18)13-17)21-12-14-4-2-1-3-5-14/h1-11,13H,12H2,(H,21,23). The van der Waals surface area contributed by atoms with E-state index in [4.69, 9.17) is 11.6 Å². The van der Waals surface area contributed by atoms with E-state index in [2.05, 4.69) is 15.5 Å². The molecule has 6 nitrogen and oxygen atoms in total. The Kier molecular flexibility index (Phi) is 4.55. The van der Waals surface area contributed by atoms with E-state index in [1.54, 1.807) is 22.6 Å². The van der Waals surface area contributed by atoms with Gasteiger partial charge < -0.3 is 5.32 Å². The lowest BCUT2D eigenvalue weighted by Gasteiger charge is -2.07. The Labute approximate surface area is 161 Å². The molecule has 0 fully saturated rings. The average molecular weight is 399 g/mol. The molecule has 0 saturated heterocycles. The minimum absolute atomic E-state index is 0.153. The van der Waals surface area contributed by atoms with Crippen LogP contribution in [0.4, 0.5) is 5.95 Å². The first-order valence-electron chi connectivity index (χ1n) is 8.17. The van der Waals surface area contributed by atoms with Gasteiger partial charge in [0.05, 0.1) is 9.79 Å². The zero-order chi connectivity index (χ0) is 18.9. The molecule has 0 saturated carbocycles. The van der Waals surface area contributed by atoms with Crippen molar-refractivity contribution in [1.82, 2.24) is 14.6 Å². The summed E-state index contributed by atoms with van der Waals surface area (Å²) in [5.41, 5.74) is 1.64. The van der Waals surface area contributed by atoms with E-state index in [1.165, 1.54) is 24.4 Å². The van der Waals surface area contributed by atoms with Gasteiger partial charge in [0.15, 0.2) is 5.65 Å². The molecule has 8 heteroatoms. The molecule has 136 valence electrons. The van der Waals surface area contributed by atoms with Crippen LogP contribution in [0.2, 0.25) is 5.02 Å². The number of fused-ring (bicyclic) bond motifs is 1.